The van der Waals surface area contributed by atoms with Crippen molar-refractivity contribution in [3.8, 4) is 0 Å². The van der Waals surface area contributed by atoms with E-state index in [0.717, 1.165) is 11.1 Å². The maximum absolute atomic E-state index is 12.8. The van der Waals surface area contributed by atoms with Crippen LogP contribution in [-0.4, -0.2) is 35.8 Å². The zero-order valence-corrected chi connectivity index (χ0v) is 21.6. The molecule has 0 aliphatic carbocycles. The van der Waals surface area contributed by atoms with Crippen molar-refractivity contribution in [1.29, 1.82) is 0 Å². The SMILES string of the molecule is CC.CC(=O)OCc1ccc(NC(=O)C(C)NC(=O)C(NC(=O)c2ccc(C)cc2)C(C)C)cc1.[HH].[HH].[HH]. The molecule has 0 aliphatic rings. The molecule has 0 heterocycles. The van der Waals surface area contributed by atoms with E-state index in [-0.39, 0.29) is 28.7 Å². The van der Waals surface area contributed by atoms with Crippen LogP contribution in [0.2, 0.25) is 0 Å². The van der Waals surface area contributed by atoms with Crippen molar-refractivity contribution in [2.24, 2.45) is 5.92 Å². The first-order chi connectivity index (χ1) is 16.6. The number of amides is 3. The van der Waals surface area contributed by atoms with Crippen LogP contribution in [0, 0.1) is 12.8 Å². The van der Waals surface area contributed by atoms with E-state index < -0.39 is 23.9 Å². The van der Waals surface area contributed by atoms with Gasteiger partial charge in [0.1, 0.15) is 18.7 Å². The molecule has 0 spiro atoms. The Labute approximate surface area is 212 Å². The fourth-order valence-electron chi connectivity index (χ4n) is 2.95. The summed E-state index contributed by atoms with van der Waals surface area (Å²) in [6.45, 7) is 12.6. The van der Waals surface area contributed by atoms with Crippen molar-refractivity contribution in [2.45, 2.75) is 67.2 Å². The Hall–Kier alpha value is -3.68. The molecule has 2 aromatic carbocycles. The van der Waals surface area contributed by atoms with Gasteiger partial charge < -0.3 is 20.7 Å². The summed E-state index contributed by atoms with van der Waals surface area (Å²) in [5.74, 6) is -1.74. The summed E-state index contributed by atoms with van der Waals surface area (Å²) >= 11 is 0. The summed E-state index contributed by atoms with van der Waals surface area (Å²) in [6.07, 6.45) is 0. The minimum atomic E-state index is -0.823. The molecule has 0 saturated heterocycles. The van der Waals surface area contributed by atoms with Crippen molar-refractivity contribution in [3.63, 3.8) is 0 Å². The van der Waals surface area contributed by atoms with Crippen molar-refractivity contribution >= 4 is 29.4 Å². The number of esters is 1. The lowest BCUT2D eigenvalue weighted by Gasteiger charge is -2.24. The quantitative estimate of drug-likeness (QED) is 0.441. The van der Waals surface area contributed by atoms with Gasteiger partial charge in [-0.3, -0.25) is 19.2 Å². The van der Waals surface area contributed by atoms with Crippen LogP contribution in [0.3, 0.4) is 0 Å². The molecule has 0 aromatic heterocycles. The number of nitrogens with one attached hydrogen (secondary N) is 3. The van der Waals surface area contributed by atoms with Crippen molar-refractivity contribution < 1.29 is 28.2 Å². The predicted molar refractivity (Wildman–Crippen MR) is 143 cm³/mol. The predicted octanol–water partition coefficient (Wildman–Crippen LogP) is 4.72. The average molecular weight is 490 g/mol. The van der Waals surface area contributed by atoms with Gasteiger partial charge in [0.05, 0.1) is 0 Å². The first-order valence-electron chi connectivity index (χ1n) is 11.8. The Kier molecular flexibility index (Phi) is 12.2. The van der Waals surface area contributed by atoms with Crippen LogP contribution >= 0.6 is 0 Å². The van der Waals surface area contributed by atoms with Crippen LogP contribution < -0.4 is 16.0 Å². The van der Waals surface area contributed by atoms with Gasteiger partial charge in [-0.2, -0.15) is 0 Å². The Bertz CT molecular complexity index is 1000. The third kappa shape index (κ3) is 10.00. The molecule has 196 valence electrons. The van der Waals surface area contributed by atoms with E-state index in [9.17, 15) is 19.2 Å². The van der Waals surface area contributed by atoms with Crippen LogP contribution in [0.4, 0.5) is 5.69 Å². The molecule has 8 heteroatoms. The summed E-state index contributed by atoms with van der Waals surface area (Å²) in [4.78, 5) is 48.8. The van der Waals surface area contributed by atoms with Crippen LogP contribution in [0.1, 0.15) is 67.3 Å². The van der Waals surface area contributed by atoms with E-state index in [4.69, 9.17) is 4.74 Å². The average Bonchev–Trinajstić information content (AvgIpc) is 2.83. The second kappa shape index (κ2) is 14.6. The van der Waals surface area contributed by atoms with Crippen LogP contribution in [0.15, 0.2) is 48.5 Å². The zero-order valence-electron chi connectivity index (χ0n) is 21.6. The highest BCUT2D eigenvalue weighted by Gasteiger charge is 2.27. The van der Waals surface area contributed by atoms with Gasteiger partial charge in [0, 0.05) is 22.5 Å². The van der Waals surface area contributed by atoms with Crippen molar-refractivity contribution in [3.05, 3.63) is 65.2 Å². The maximum Gasteiger partial charge on any atom is 0.302 e. The first-order valence-corrected chi connectivity index (χ1v) is 11.8. The molecular weight excluding hydrogens is 446 g/mol. The van der Waals surface area contributed by atoms with E-state index in [1.54, 1.807) is 43.3 Å². The second-order valence-electron chi connectivity index (χ2n) is 8.26. The van der Waals surface area contributed by atoms with E-state index in [0.29, 0.717) is 11.3 Å². The molecule has 2 rings (SSSR count). The number of carbonyl (C=O) groups is 4. The Balaban J connectivity index is -0.00000239. The summed E-state index contributed by atoms with van der Waals surface area (Å²) in [5, 5.41) is 8.15. The minimum Gasteiger partial charge on any atom is -0.461 e. The number of hydrogen-bond donors (Lipinski definition) is 3. The molecular formula is C27H43N3O5. The van der Waals surface area contributed by atoms with Gasteiger partial charge >= 0.3 is 5.97 Å². The molecule has 0 saturated carbocycles. The smallest absolute Gasteiger partial charge is 0.302 e. The molecule has 0 radical (unpaired) electrons. The Morgan fingerprint density at radius 2 is 1.43 bits per heavy atom. The molecule has 0 aliphatic heterocycles. The van der Waals surface area contributed by atoms with Crippen LogP contribution in [-0.2, 0) is 25.7 Å². The molecule has 2 aromatic rings. The van der Waals surface area contributed by atoms with Gasteiger partial charge in [-0.15, -0.1) is 0 Å². The molecule has 8 nitrogen and oxygen atoms in total. The third-order valence-corrected chi connectivity index (χ3v) is 4.97. The van der Waals surface area contributed by atoms with Crippen molar-refractivity contribution in [2.75, 3.05) is 5.32 Å². The van der Waals surface area contributed by atoms with E-state index in [1.807, 2.05) is 46.8 Å². The molecule has 0 bridgehead atoms. The van der Waals surface area contributed by atoms with Crippen LogP contribution in [0.5, 0.6) is 0 Å². The normalized spacial score (nSPS) is 11.9. The highest BCUT2D eigenvalue weighted by Crippen LogP contribution is 2.12. The molecule has 3 N–H and O–H groups in total. The topological polar surface area (TPSA) is 114 Å². The third-order valence-electron chi connectivity index (χ3n) is 4.97. The van der Waals surface area contributed by atoms with Gasteiger partial charge in [-0.1, -0.05) is 57.5 Å². The monoisotopic (exact) mass is 489 g/mol. The summed E-state index contributed by atoms with van der Waals surface area (Å²) in [7, 11) is 0. The molecule has 35 heavy (non-hydrogen) atoms. The largest absolute Gasteiger partial charge is 0.461 e. The number of ether oxygens (including phenoxy) is 1. The Morgan fingerprint density at radius 3 is 1.94 bits per heavy atom. The van der Waals surface area contributed by atoms with Gasteiger partial charge in [-0.25, -0.2) is 0 Å². The Morgan fingerprint density at radius 1 is 0.857 bits per heavy atom. The number of anilines is 1. The van der Waals surface area contributed by atoms with Gasteiger partial charge in [0.25, 0.3) is 5.91 Å². The molecule has 0 fully saturated rings. The number of aryl methyl sites for hydroxylation is 1. The second-order valence-corrected chi connectivity index (χ2v) is 8.26. The lowest BCUT2D eigenvalue weighted by Crippen LogP contribution is -2.53. The van der Waals surface area contributed by atoms with Gasteiger partial charge in [-0.05, 0) is 49.6 Å². The summed E-state index contributed by atoms with van der Waals surface area (Å²) < 4.78 is 4.93. The van der Waals surface area contributed by atoms with Gasteiger partial charge in [0.2, 0.25) is 11.8 Å². The lowest BCUT2D eigenvalue weighted by atomic mass is 10.0. The van der Waals surface area contributed by atoms with E-state index >= 15 is 0 Å². The van der Waals surface area contributed by atoms with E-state index in [1.165, 1.54) is 6.92 Å². The molecule has 3 amide bonds. The molecule has 2 atom stereocenters. The van der Waals surface area contributed by atoms with Crippen molar-refractivity contribution in [1.82, 2.24) is 10.6 Å². The number of benzene rings is 2. The molecule has 2 unspecified atom stereocenters. The van der Waals surface area contributed by atoms with E-state index in [2.05, 4.69) is 16.0 Å². The zero-order chi connectivity index (χ0) is 26.5. The number of hydrogen-bond acceptors (Lipinski definition) is 5. The minimum absolute atomic E-state index is 0. The first kappa shape index (κ1) is 29.4. The standard InChI is InChI=1S/C25H31N3O5.C2H6.3H2/c1-15(2)22(28-24(31)20-10-6-16(3)7-11-20)25(32)26-17(4)23(30)27-21-12-8-19(9-13-21)14-33-18(5)29;1-2;;;/h6-13,15,17,22H,14H2,1-5H3,(H,26,32)(H,27,30)(H,28,31);1-2H3;3*1H. The summed E-state index contributed by atoms with van der Waals surface area (Å²) in [5.41, 5.74) is 2.82. The fraction of sp³-hybridized carbons (Fsp3) is 0.407. The highest BCUT2D eigenvalue weighted by molar-refractivity contribution is 6.00. The lowest BCUT2D eigenvalue weighted by molar-refractivity contribution is -0.142. The number of rotatable bonds is 9. The summed E-state index contributed by atoms with van der Waals surface area (Å²) in [6, 6.07) is 12.3. The highest BCUT2D eigenvalue weighted by atomic mass is 16.5. The number of carbonyl (C=O) groups excluding carboxylic acids is 4. The van der Waals surface area contributed by atoms with Crippen LogP contribution in [0.25, 0.3) is 0 Å². The fourth-order valence-corrected chi connectivity index (χ4v) is 2.95. The maximum atomic E-state index is 12.8. The van der Waals surface area contributed by atoms with Gasteiger partial charge in [0.15, 0.2) is 0 Å².